The zero-order valence-corrected chi connectivity index (χ0v) is 19.8. The van der Waals surface area contributed by atoms with Gasteiger partial charge in [-0.2, -0.15) is 0 Å². The second-order valence-corrected chi connectivity index (χ2v) is 9.72. The highest BCUT2D eigenvalue weighted by Crippen LogP contribution is 2.35. The molecule has 5 heteroatoms. The Hall–Kier alpha value is -2.63. The van der Waals surface area contributed by atoms with Gasteiger partial charge in [0.05, 0.1) is 0 Å². The van der Waals surface area contributed by atoms with Crippen molar-refractivity contribution in [2.45, 2.75) is 51.5 Å². The molecule has 1 atom stereocenters. The Morgan fingerprint density at radius 3 is 2.70 bits per heavy atom. The first-order chi connectivity index (χ1) is 16.2. The summed E-state index contributed by atoms with van der Waals surface area (Å²) in [6.07, 6.45) is 7.00. The van der Waals surface area contributed by atoms with Gasteiger partial charge < -0.3 is 20.5 Å². The van der Waals surface area contributed by atoms with Gasteiger partial charge in [0.1, 0.15) is 0 Å². The van der Waals surface area contributed by atoms with Crippen LogP contribution in [0.3, 0.4) is 0 Å². The number of carbonyl (C=O) groups is 1. The molecule has 1 aromatic heterocycles. The molecule has 1 unspecified atom stereocenters. The van der Waals surface area contributed by atoms with Crippen molar-refractivity contribution in [1.29, 1.82) is 0 Å². The minimum absolute atomic E-state index is 0.0367. The maximum atomic E-state index is 12.8. The zero-order chi connectivity index (χ0) is 22.6. The molecular weight excluding hydrogens is 408 g/mol. The lowest BCUT2D eigenvalue weighted by molar-refractivity contribution is 0.0950. The van der Waals surface area contributed by atoms with E-state index in [1.54, 1.807) is 0 Å². The van der Waals surface area contributed by atoms with Crippen LogP contribution in [0.4, 0.5) is 0 Å². The fourth-order valence-corrected chi connectivity index (χ4v) is 5.39. The Kier molecular flexibility index (Phi) is 6.79. The number of aryl methyl sites for hydroxylation is 2. The van der Waals surface area contributed by atoms with Crippen LogP contribution in [0.5, 0.6) is 0 Å². The molecule has 2 heterocycles. The number of H-pyrrole nitrogens is 1. The number of carbonyl (C=O) groups excluding carboxylic acids is 1. The summed E-state index contributed by atoms with van der Waals surface area (Å²) in [5.41, 5.74) is 7.28. The summed E-state index contributed by atoms with van der Waals surface area (Å²) in [6.45, 7) is 7.09. The summed E-state index contributed by atoms with van der Waals surface area (Å²) in [5, 5.41) is 8.10. The van der Waals surface area contributed by atoms with Gasteiger partial charge in [-0.1, -0.05) is 29.8 Å². The van der Waals surface area contributed by atoms with Crippen molar-refractivity contribution in [1.82, 2.24) is 20.5 Å². The molecule has 1 aliphatic carbocycles. The van der Waals surface area contributed by atoms with E-state index in [2.05, 4.69) is 63.8 Å². The summed E-state index contributed by atoms with van der Waals surface area (Å²) in [4.78, 5) is 18.9. The van der Waals surface area contributed by atoms with Crippen LogP contribution in [0.1, 0.15) is 64.5 Å². The molecule has 0 saturated carbocycles. The standard InChI is InChI=1S/C28H36N4O/c1-20-7-9-21(10-8-20)13-14-29-26-6-4-5-23-24-19-22(11-12-25(24)31-27(23)26)28(33)30-15-18-32-16-2-3-17-32/h7-12,19,26,29,31H,2-6,13-18H2,1H3,(H,30,33). The number of likely N-dealkylation sites (tertiary alicyclic amines) is 1. The van der Waals surface area contributed by atoms with Crippen LogP contribution in [-0.2, 0) is 12.8 Å². The number of fused-ring (bicyclic) bond motifs is 3. The molecule has 0 radical (unpaired) electrons. The number of benzene rings is 2. The van der Waals surface area contributed by atoms with E-state index < -0.39 is 0 Å². The van der Waals surface area contributed by atoms with Gasteiger partial charge in [0.25, 0.3) is 5.91 Å². The molecule has 1 saturated heterocycles. The molecule has 174 valence electrons. The second-order valence-electron chi connectivity index (χ2n) is 9.72. The highest BCUT2D eigenvalue weighted by molar-refractivity contribution is 5.99. The smallest absolute Gasteiger partial charge is 0.251 e. The number of aromatic amines is 1. The van der Waals surface area contributed by atoms with Gasteiger partial charge in [-0.05, 0) is 94.4 Å². The fourth-order valence-electron chi connectivity index (χ4n) is 5.39. The Labute approximate surface area is 196 Å². The molecule has 5 nitrogen and oxygen atoms in total. The van der Waals surface area contributed by atoms with E-state index in [4.69, 9.17) is 0 Å². The number of hydrogen-bond donors (Lipinski definition) is 3. The van der Waals surface area contributed by atoms with Crippen molar-refractivity contribution in [2.75, 3.05) is 32.7 Å². The minimum atomic E-state index is 0.0367. The van der Waals surface area contributed by atoms with E-state index in [1.165, 1.54) is 47.0 Å². The number of nitrogens with one attached hydrogen (secondary N) is 3. The van der Waals surface area contributed by atoms with Crippen LogP contribution in [0.15, 0.2) is 42.5 Å². The lowest BCUT2D eigenvalue weighted by Gasteiger charge is -2.24. The average Bonchev–Trinajstić information content (AvgIpc) is 3.48. The quantitative estimate of drug-likeness (QED) is 0.479. The summed E-state index contributed by atoms with van der Waals surface area (Å²) in [5.74, 6) is 0.0367. The Bertz CT molecular complexity index is 1100. The molecule has 2 aliphatic rings. The third-order valence-corrected chi connectivity index (χ3v) is 7.31. The Morgan fingerprint density at radius 2 is 1.88 bits per heavy atom. The maximum absolute atomic E-state index is 12.8. The predicted octanol–water partition coefficient (Wildman–Crippen LogP) is 4.51. The molecule has 0 bridgehead atoms. The van der Waals surface area contributed by atoms with Crippen LogP contribution >= 0.6 is 0 Å². The molecule has 3 N–H and O–H groups in total. The van der Waals surface area contributed by atoms with Gasteiger partial charge in [-0.15, -0.1) is 0 Å². The van der Waals surface area contributed by atoms with Crippen molar-refractivity contribution in [3.05, 3.63) is 70.4 Å². The third kappa shape index (κ3) is 5.15. The van der Waals surface area contributed by atoms with Crippen LogP contribution in [0.2, 0.25) is 0 Å². The largest absolute Gasteiger partial charge is 0.357 e. The lowest BCUT2D eigenvalue weighted by atomic mass is 9.91. The normalized spacial score (nSPS) is 18.5. The molecule has 3 aromatic rings. The van der Waals surface area contributed by atoms with Crippen LogP contribution < -0.4 is 10.6 Å². The molecule has 1 amide bonds. The molecule has 5 rings (SSSR count). The highest BCUT2D eigenvalue weighted by atomic mass is 16.1. The first-order valence-corrected chi connectivity index (χ1v) is 12.6. The number of hydrogen-bond acceptors (Lipinski definition) is 3. The van der Waals surface area contributed by atoms with Gasteiger partial charge in [-0.25, -0.2) is 0 Å². The van der Waals surface area contributed by atoms with Crippen LogP contribution in [-0.4, -0.2) is 48.5 Å². The highest BCUT2D eigenvalue weighted by Gasteiger charge is 2.24. The number of aromatic nitrogens is 1. The van der Waals surface area contributed by atoms with E-state index in [9.17, 15) is 4.79 Å². The average molecular weight is 445 g/mol. The van der Waals surface area contributed by atoms with Gasteiger partial charge in [-0.3, -0.25) is 4.79 Å². The molecule has 33 heavy (non-hydrogen) atoms. The predicted molar refractivity (Wildman–Crippen MR) is 135 cm³/mol. The van der Waals surface area contributed by atoms with Gasteiger partial charge >= 0.3 is 0 Å². The maximum Gasteiger partial charge on any atom is 0.251 e. The molecule has 1 aliphatic heterocycles. The number of rotatable bonds is 8. The van der Waals surface area contributed by atoms with E-state index in [0.29, 0.717) is 6.04 Å². The number of amides is 1. The zero-order valence-electron chi connectivity index (χ0n) is 19.8. The summed E-state index contributed by atoms with van der Waals surface area (Å²) < 4.78 is 0. The second kappa shape index (κ2) is 10.1. The van der Waals surface area contributed by atoms with Crippen molar-refractivity contribution < 1.29 is 4.79 Å². The fraction of sp³-hybridized carbons (Fsp3) is 0.464. The Balaban J connectivity index is 1.23. The number of nitrogens with zero attached hydrogens (tertiary/aromatic N) is 1. The monoisotopic (exact) mass is 444 g/mol. The molecule has 1 fully saturated rings. The van der Waals surface area contributed by atoms with Crippen molar-refractivity contribution >= 4 is 16.8 Å². The van der Waals surface area contributed by atoms with E-state index in [-0.39, 0.29) is 5.91 Å². The van der Waals surface area contributed by atoms with Crippen molar-refractivity contribution in [2.24, 2.45) is 0 Å². The van der Waals surface area contributed by atoms with Crippen LogP contribution in [0.25, 0.3) is 10.9 Å². The van der Waals surface area contributed by atoms with Gasteiger partial charge in [0.15, 0.2) is 0 Å². The topological polar surface area (TPSA) is 60.2 Å². The van der Waals surface area contributed by atoms with Gasteiger partial charge in [0, 0.05) is 41.3 Å². The van der Waals surface area contributed by atoms with E-state index in [1.807, 2.05) is 6.07 Å². The molecule has 2 aromatic carbocycles. The minimum Gasteiger partial charge on any atom is -0.357 e. The van der Waals surface area contributed by atoms with Gasteiger partial charge in [0.2, 0.25) is 0 Å². The third-order valence-electron chi connectivity index (χ3n) is 7.31. The summed E-state index contributed by atoms with van der Waals surface area (Å²) >= 11 is 0. The first-order valence-electron chi connectivity index (χ1n) is 12.6. The molecular formula is C28H36N4O. The molecule has 0 spiro atoms. The van der Waals surface area contributed by atoms with Crippen LogP contribution in [0, 0.1) is 6.92 Å². The lowest BCUT2D eigenvalue weighted by Crippen LogP contribution is -2.33. The van der Waals surface area contributed by atoms with Crippen molar-refractivity contribution in [3.8, 4) is 0 Å². The van der Waals surface area contributed by atoms with E-state index in [0.717, 1.165) is 63.1 Å². The SMILES string of the molecule is Cc1ccc(CCNC2CCCc3c2[nH]c2ccc(C(=O)NCCN4CCCC4)cc32)cc1. The van der Waals surface area contributed by atoms with E-state index >= 15 is 0 Å². The van der Waals surface area contributed by atoms with Crippen molar-refractivity contribution in [3.63, 3.8) is 0 Å². The first kappa shape index (κ1) is 22.2. The summed E-state index contributed by atoms with van der Waals surface area (Å²) in [7, 11) is 0. The summed E-state index contributed by atoms with van der Waals surface area (Å²) in [6, 6.07) is 15.3. The Morgan fingerprint density at radius 1 is 1.06 bits per heavy atom.